The van der Waals surface area contributed by atoms with E-state index in [1.165, 1.54) is 6.92 Å². The number of Topliss-reactive ketones (excluding diaryl/α,β-unsaturated/α-hetero) is 1. The van der Waals surface area contributed by atoms with Crippen LogP contribution < -0.4 is 10.6 Å². The van der Waals surface area contributed by atoms with Crippen molar-refractivity contribution in [3.05, 3.63) is 29.8 Å². The number of carbonyl (C=O) groups is 3. The van der Waals surface area contributed by atoms with Gasteiger partial charge in [0.05, 0.1) is 0 Å². The lowest BCUT2D eigenvalue weighted by atomic mass is 10.1. The van der Waals surface area contributed by atoms with E-state index >= 15 is 0 Å². The fourth-order valence-electron chi connectivity index (χ4n) is 1.41. The third kappa shape index (κ3) is 5.67. The minimum atomic E-state index is -0.887. The van der Waals surface area contributed by atoms with Gasteiger partial charge in [-0.05, 0) is 37.6 Å². The van der Waals surface area contributed by atoms with Gasteiger partial charge in [-0.2, -0.15) is 0 Å². The van der Waals surface area contributed by atoms with E-state index in [4.69, 9.17) is 5.11 Å². The molecule has 3 N–H and O–H groups in total. The summed E-state index contributed by atoms with van der Waals surface area (Å²) in [5.74, 6) is -0.924. The number of anilines is 1. The van der Waals surface area contributed by atoms with Gasteiger partial charge in [0.1, 0.15) is 0 Å². The predicted molar refractivity (Wildman–Crippen MR) is 70.3 cm³/mol. The SMILES string of the molecule is CC(=O)c1ccc(NC(=O)NCCCC(=O)O)cc1. The molecule has 2 amide bonds. The van der Waals surface area contributed by atoms with E-state index in [1.54, 1.807) is 24.3 Å². The van der Waals surface area contributed by atoms with Crippen LogP contribution in [0.3, 0.4) is 0 Å². The highest BCUT2D eigenvalue weighted by Gasteiger charge is 2.03. The quantitative estimate of drug-likeness (QED) is 0.540. The zero-order valence-corrected chi connectivity index (χ0v) is 10.6. The lowest BCUT2D eigenvalue weighted by Crippen LogP contribution is -2.29. The average molecular weight is 264 g/mol. The minimum absolute atomic E-state index is 0.0214. The smallest absolute Gasteiger partial charge is 0.319 e. The average Bonchev–Trinajstić information content (AvgIpc) is 2.35. The Morgan fingerprint density at radius 1 is 1.16 bits per heavy atom. The summed E-state index contributed by atoms with van der Waals surface area (Å²) in [7, 11) is 0. The van der Waals surface area contributed by atoms with E-state index in [9.17, 15) is 14.4 Å². The number of carboxylic acids is 1. The van der Waals surface area contributed by atoms with E-state index in [1.807, 2.05) is 0 Å². The van der Waals surface area contributed by atoms with Crippen molar-refractivity contribution in [2.75, 3.05) is 11.9 Å². The molecule has 0 heterocycles. The van der Waals surface area contributed by atoms with E-state index in [0.29, 0.717) is 24.2 Å². The predicted octanol–water partition coefficient (Wildman–Crippen LogP) is 1.88. The van der Waals surface area contributed by atoms with Gasteiger partial charge in [-0.1, -0.05) is 0 Å². The monoisotopic (exact) mass is 264 g/mol. The number of nitrogens with one attached hydrogen (secondary N) is 2. The van der Waals surface area contributed by atoms with Crippen LogP contribution in [0.4, 0.5) is 10.5 Å². The van der Waals surface area contributed by atoms with Crippen molar-refractivity contribution in [2.45, 2.75) is 19.8 Å². The second-order valence-corrected chi connectivity index (χ2v) is 4.01. The minimum Gasteiger partial charge on any atom is -0.481 e. The van der Waals surface area contributed by atoms with Gasteiger partial charge >= 0.3 is 12.0 Å². The van der Waals surface area contributed by atoms with Crippen LogP contribution in [0.25, 0.3) is 0 Å². The van der Waals surface area contributed by atoms with Crippen LogP contribution >= 0.6 is 0 Å². The zero-order chi connectivity index (χ0) is 14.3. The summed E-state index contributed by atoms with van der Waals surface area (Å²) in [4.78, 5) is 32.8. The number of rotatable bonds is 6. The first kappa shape index (κ1) is 14.7. The molecule has 6 heteroatoms. The van der Waals surface area contributed by atoms with E-state index < -0.39 is 12.0 Å². The molecule has 0 saturated heterocycles. The van der Waals surface area contributed by atoms with Gasteiger partial charge in [-0.15, -0.1) is 0 Å². The molecule has 0 spiro atoms. The van der Waals surface area contributed by atoms with Crippen LogP contribution in [0.2, 0.25) is 0 Å². The molecule has 102 valence electrons. The number of amides is 2. The molecule has 0 radical (unpaired) electrons. The van der Waals surface area contributed by atoms with Crippen LogP contribution in [0.15, 0.2) is 24.3 Å². The van der Waals surface area contributed by atoms with Gasteiger partial charge < -0.3 is 15.7 Å². The Morgan fingerprint density at radius 3 is 2.32 bits per heavy atom. The van der Waals surface area contributed by atoms with Gasteiger partial charge in [0.25, 0.3) is 0 Å². The molecule has 0 bridgehead atoms. The molecular formula is C13H16N2O4. The summed E-state index contributed by atoms with van der Waals surface area (Å²) in [5.41, 5.74) is 1.15. The highest BCUT2D eigenvalue weighted by molar-refractivity contribution is 5.95. The zero-order valence-electron chi connectivity index (χ0n) is 10.6. The Hall–Kier alpha value is -2.37. The van der Waals surface area contributed by atoms with E-state index in [-0.39, 0.29) is 12.2 Å². The summed E-state index contributed by atoms with van der Waals surface area (Å²) in [5, 5.41) is 13.6. The largest absolute Gasteiger partial charge is 0.481 e. The number of hydrogen-bond donors (Lipinski definition) is 3. The molecule has 0 aliphatic heterocycles. The van der Waals surface area contributed by atoms with Crippen molar-refractivity contribution in [1.82, 2.24) is 5.32 Å². The lowest BCUT2D eigenvalue weighted by molar-refractivity contribution is -0.137. The molecule has 1 rings (SSSR count). The Labute approximate surface area is 110 Å². The summed E-state index contributed by atoms with van der Waals surface area (Å²) < 4.78 is 0. The Balaban J connectivity index is 2.35. The summed E-state index contributed by atoms with van der Waals surface area (Å²) in [6.45, 7) is 1.77. The van der Waals surface area contributed by atoms with Gasteiger partial charge in [-0.25, -0.2) is 4.79 Å². The number of aliphatic carboxylic acids is 1. The molecule has 19 heavy (non-hydrogen) atoms. The molecule has 1 aromatic carbocycles. The highest BCUT2D eigenvalue weighted by atomic mass is 16.4. The van der Waals surface area contributed by atoms with Gasteiger partial charge in [-0.3, -0.25) is 9.59 Å². The van der Waals surface area contributed by atoms with Crippen molar-refractivity contribution in [1.29, 1.82) is 0 Å². The first-order valence-electron chi connectivity index (χ1n) is 5.86. The van der Waals surface area contributed by atoms with Crippen molar-refractivity contribution in [3.63, 3.8) is 0 Å². The Morgan fingerprint density at radius 2 is 1.79 bits per heavy atom. The Kier molecular flexibility index (Phi) is 5.53. The number of hydrogen-bond acceptors (Lipinski definition) is 3. The summed E-state index contributed by atoms with van der Waals surface area (Å²) >= 11 is 0. The molecule has 0 unspecified atom stereocenters. The second kappa shape index (κ2) is 7.15. The fourth-order valence-corrected chi connectivity index (χ4v) is 1.41. The maximum atomic E-state index is 11.4. The third-order valence-corrected chi connectivity index (χ3v) is 2.40. The molecule has 0 aliphatic rings. The molecule has 0 atom stereocenters. The first-order chi connectivity index (χ1) is 8.99. The molecular weight excluding hydrogens is 248 g/mol. The van der Waals surface area contributed by atoms with Crippen molar-refractivity contribution in [3.8, 4) is 0 Å². The van der Waals surface area contributed by atoms with E-state index in [0.717, 1.165) is 0 Å². The first-order valence-corrected chi connectivity index (χ1v) is 5.86. The highest BCUT2D eigenvalue weighted by Crippen LogP contribution is 2.09. The number of carbonyl (C=O) groups excluding carboxylic acids is 2. The normalized spacial score (nSPS) is 9.74. The van der Waals surface area contributed by atoms with Crippen LogP contribution in [0, 0.1) is 0 Å². The van der Waals surface area contributed by atoms with Gasteiger partial charge in [0.15, 0.2) is 5.78 Å². The topological polar surface area (TPSA) is 95.5 Å². The van der Waals surface area contributed by atoms with Crippen LogP contribution in [-0.4, -0.2) is 29.4 Å². The van der Waals surface area contributed by atoms with Crippen LogP contribution in [0.1, 0.15) is 30.1 Å². The number of urea groups is 1. The maximum absolute atomic E-state index is 11.4. The Bertz CT molecular complexity index is 468. The van der Waals surface area contributed by atoms with Crippen molar-refractivity contribution >= 4 is 23.5 Å². The molecule has 0 fully saturated rings. The molecule has 6 nitrogen and oxygen atoms in total. The number of carboxylic acid groups (broad SMARTS) is 1. The number of ketones is 1. The van der Waals surface area contributed by atoms with E-state index in [2.05, 4.69) is 10.6 Å². The van der Waals surface area contributed by atoms with Crippen LogP contribution in [-0.2, 0) is 4.79 Å². The standard InChI is InChI=1S/C13H16N2O4/c1-9(16)10-4-6-11(7-5-10)15-13(19)14-8-2-3-12(17)18/h4-7H,2-3,8H2,1H3,(H,17,18)(H2,14,15,19). The van der Waals surface area contributed by atoms with Crippen LogP contribution in [0.5, 0.6) is 0 Å². The summed E-state index contributed by atoms with van der Waals surface area (Å²) in [6, 6.07) is 6.12. The third-order valence-electron chi connectivity index (χ3n) is 2.40. The van der Waals surface area contributed by atoms with Gasteiger partial charge in [0, 0.05) is 24.2 Å². The second-order valence-electron chi connectivity index (χ2n) is 4.01. The van der Waals surface area contributed by atoms with Crippen molar-refractivity contribution in [2.24, 2.45) is 0 Å². The van der Waals surface area contributed by atoms with Gasteiger partial charge in [0.2, 0.25) is 0 Å². The molecule has 1 aromatic rings. The summed E-state index contributed by atoms with van der Waals surface area (Å²) in [6.07, 6.45) is 0.402. The number of benzene rings is 1. The molecule has 0 aliphatic carbocycles. The molecule has 0 saturated carbocycles. The van der Waals surface area contributed by atoms with Crippen molar-refractivity contribution < 1.29 is 19.5 Å². The molecule has 0 aromatic heterocycles. The fraction of sp³-hybridized carbons (Fsp3) is 0.308. The lowest BCUT2D eigenvalue weighted by Gasteiger charge is -2.07. The maximum Gasteiger partial charge on any atom is 0.319 e.